The van der Waals surface area contributed by atoms with Gasteiger partial charge in [0.25, 0.3) is 0 Å². The highest BCUT2D eigenvalue weighted by atomic mass is 32.2. The molecule has 1 unspecified atom stereocenters. The molecule has 1 amide bonds. The van der Waals surface area contributed by atoms with Crippen molar-refractivity contribution >= 4 is 26.7 Å². The summed E-state index contributed by atoms with van der Waals surface area (Å²) >= 11 is 0. The third-order valence-electron chi connectivity index (χ3n) is 5.34. The Morgan fingerprint density at radius 1 is 1.00 bits per heavy atom. The first-order valence-corrected chi connectivity index (χ1v) is 12.1. The van der Waals surface area contributed by atoms with E-state index < -0.39 is 10.0 Å². The van der Waals surface area contributed by atoms with Crippen LogP contribution in [-0.4, -0.2) is 34.1 Å². The van der Waals surface area contributed by atoms with Crippen LogP contribution in [0.2, 0.25) is 0 Å². The average Bonchev–Trinajstić information content (AvgIpc) is 3.03. The minimum absolute atomic E-state index is 0.00906. The maximum Gasteiger partial charge on any atom is 0.240 e. The van der Waals surface area contributed by atoms with E-state index in [-0.39, 0.29) is 29.8 Å². The monoisotopic (exact) mass is 454 g/mol. The molecule has 0 saturated heterocycles. The Kier molecular flexibility index (Phi) is 6.62. The second-order valence-corrected chi connectivity index (χ2v) is 9.43. The zero-order valence-electron chi connectivity index (χ0n) is 17.8. The van der Waals surface area contributed by atoms with E-state index in [4.69, 9.17) is 9.47 Å². The second kappa shape index (κ2) is 9.58. The molecule has 32 heavy (non-hydrogen) atoms. The number of hydrogen-bond acceptors (Lipinski definition) is 5. The third kappa shape index (κ3) is 5.03. The van der Waals surface area contributed by atoms with Gasteiger partial charge in [-0.1, -0.05) is 42.5 Å². The predicted octanol–water partition coefficient (Wildman–Crippen LogP) is 3.55. The summed E-state index contributed by atoms with van der Waals surface area (Å²) in [6.45, 7) is 2.91. The van der Waals surface area contributed by atoms with Gasteiger partial charge in [-0.15, -0.1) is 0 Å². The number of carbonyl (C=O) groups excluding carboxylic acids is 1. The van der Waals surface area contributed by atoms with Gasteiger partial charge < -0.3 is 14.8 Å². The molecule has 8 heteroatoms. The van der Waals surface area contributed by atoms with Crippen LogP contribution in [0.5, 0.6) is 11.5 Å². The molecule has 0 radical (unpaired) electrons. The maximum atomic E-state index is 12.6. The number of rotatable bonds is 7. The van der Waals surface area contributed by atoms with E-state index in [0.29, 0.717) is 24.7 Å². The first-order valence-electron chi connectivity index (χ1n) is 10.6. The quantitative estimate of drug-likeness (QED) is 0.570. The Hall–Kier alpha value is -3.10. The van der Waals surface area contributed by atoms with E-state index in [2.05, 4.69) is 10.0 Å². The molecule has 1 atom stereocenters. The van der Waals surface area contributed by atoms with Gasteiger partial charge in [0.15, 0.2) is 11.5 Å². The van der Waals surface area contributed by atoms with Crippen molar-refractivity contribution in [3.8, 4) is 11.5 Å². The highest BCUT2D eigenvalue weighted by molar-refractivity contribution is 7.89. The maximum absolute atomic E-state index is 12.6. The first kappa shape index (κ1) is 22.1. The van der Waals surface area contributed by atoms with Crippen molar-refractivity contribution < 1.29 is 22.7 Å². The normalized spacial score (nSPS) is 14.5. The molecule has 0 spiro atoms. The van der Waals surface area contributed by atoms with Crippen molar-refractivity contribution in [1.29, 1.82) is 0 Å². The standard InChI is InChI=1S/C24H26N2O5S/c1-17(20-9-4-7-18-6-2-3-8-21(18)20)26-24(27)12-13-25-32(28,29)19-10-11-22-23(16-19)31-15-5-14-30-22/h2-4,6-11,16-17,25H,5,12-15H2,1H3,(H,26,27). The Labute approximate surface area is 187 Å². The van der Waals surface area contributed by atoms with E-state index in [1.54, 1.807) is 6.07 Å². The van der Waals surface area contributed by atoms with Crippen LogP contribution in [0.1, 0.15) is 31.4 Å². The third-order valence-corrected chi connectivity index (χ3v) is 6.80. The molecular weight excluding hydrogens is 428 g/mol. The number of amides is 1. The van der Waals surface area contributed by atoms with Gasteiger partial charge in [-0.05, 0) is 35.4 Å². The summed E-state index contributed by atoms with van der Waals surface area (Å²) in [5.41, 5.74) is 1.02. The van der Waals surface area contributed by atoms with Crippen LogP contribution < -0.4 is 19.5 Å². The van der Waals surface area contributed by atoms with Crippen molar-refractivity contribution in [2.24, 2.45) is 0 Å². The van der Waals surface area contributed by atoms with Gasteiger partial charge in [-0.25, -0.2) is 13.1 Å². The molecule has 0 fully saturated rings. The van der Waals surface area contributed by atoms with Crippen LogP contribution >= 0.6 is 0 Å². The summed E-state index contributed by atoms with van der Waals surface area (Å²) in [5.74, 6) is 0.710. The minimum atomic E-state index is -3.78. The molecule has 0 aromatic heterocycles. The molecule has 1 heterocycles. The minimum Gasteiger partial charge on any atom is -0.490 e. The highest BCUT2D eigenvalue weighted by Crippen LogP contribution is 2.31. The Balaban J connectivity index is 1.34. The van der Waals surface area contributed by atoms with Gasteiger partial charge in [0.1, 0.15) is 0 Å². The van der Waals surface area contributed by atoms with Gasteiger partial charge >= 0.3 is 0 Å². The average molecular weight is 455 g/mol. The molecule has 0 saturated carbocycles. The largest absolute Gasteiger partial charge is 0.490 e. The SMILES string of the molecule is CC(NC(=O)CCNS(=O)(=O)c1ccc2c(c1)OCCCO2)c1cccc2ccccc12. The Morgan fingerprint density at radius 3 is 2.59 bits per heavy atom. The zero-order chi connectivity index (χ0) is 22.6. The summed E-state index contributed by atoms with van der Waals surface area (Å²) in [4.78, 5) is 12.5. The molecule has 1 aliphatic heterocycles. The highest BCUT2D eigenvalue weighted by Gasteiger charge is 2.19. The lowest BCUT2D eigenvalue weighted by Gasteiger charge is -2.17. The fourth-order valence-electron chi connectivity index (χ4n) is 3.71. The summed E-state index contributed by atoms with van der Waals surface area (Å²) < 4.78 is 38.9. The molecule has 0 aliphatic carbocycles. The number of hydrogen-bond donors (Lipinski definition) is 2. The number of ether oxygens (including phenoxy) is 2. The van der Waals surface area contributed by atoms with Gasteiger partial charge in [0.2, 0.25) is 15.9 Å². The van der Waals surface area contributed by atoms with E-state index in [1.807, 2.05) is 49.4 Å². The lowest BCUT2D eigenvalue weighted by molar-refractivity contribution is -0.121. The second-order valence-electron chi connectivity index (χ2n) is 7.66. The number of sulfonamides is 1. The fraction of sp³-hybridized carbons (Fsp3) is 0.292. The van der Waals surface area contributed by atoms with Crippen molar-refractivity contribution in [2.75, 3.05) is 19.8 Å². The van der Waals surface area contributed by atoms with Gasteiger partial charge in [0, 0.05) is 25.5 Å². The molecule has 7 nitrogen and oxygen atoms in total. The van der Waals surface area contributed by atoms with Crippen LogP contribution in [0.3, 0.4) is 0 Å². The van der Waals surface area contributed by atoms with Crippen LogP contribution in [-0.2, 0) is 14.8 Å². The molecular formula is C24H26N2O5S. The zero-order valence-corrected chi connectivity index (χ0v) is 18.7. The number of benzene rings is 3. The molecule has 4 rings (SSSR count). The lowest BCUT2D eigenvalue weighted by Crippen LogP contribution is -2.32. The Bertz CT molecular complexity index is 1220. The van der Waals surface area contributed by atoms with E-state index >= 15 is 0 Å². The number of nitrogens with one attached hydrogen (secondary N) is 2. The first-order chi connectivity index (χ1) is 15.4. The van der Waals surface area contributed by atoms with E-state index in [0.717, 1.165) is 22.8 Å². The summed E-state index contributed by atoms with van der Waals surface area (Å²) in [6.07, 6.45) is 0.764. The van der Waals surface area contributed by atoms with Gasteiger partial charge in [0.05, 0.1) is 24.2 Å². The topological polar surface area (TPSA) is 93.7 Å². The van der Waals surface area contributed by atoms with E-state index in [9.17, 15) is 13.2 Å². The van der Waals surface area contributed by atoms with Crippen LogP contribution in [0.15, 0.2) is 65.6 Å². The number of carbonyl (C=O) groups is 1. The molecule has 0 bridgehead atoms. The molecule has 2 N–H and O–H groups in total. The van der Waals surface area contributed by atoms with E-state index in [1.165, 1.54) is 12.1 Å². The predicted molar refractivity (Wildman–Crippen MR) is 122 cm³/mol. The molecule has 3 aromatic rings. The Morgan fingerprint density at radius 2 is 1.75 bits per heavy atom. The summed E-state index contributed by atoms with van der Waals surface area (Å²) in [7, 11) is -3.78. The smallest absolute Gasteiger partial charge is 0.240 e. The van der Waals surface area contributed by atoms with Gasteiger partial charge in [-0.2, -0.15) is 0 Å². The summed E-state index contributed by atoms with van der Waals surface area (Å²) in [6, 6.07) is 18.3. The molecule has 1 aliphatic rings. The van der Waals surface area contributed by atoms with Crippen molar-refractivity contribution in [1.82, 2.24) is 10.0 Å². The lowest BCUT2D eigenvalue weighted by atomic mass is 9.99. The van der Waals surface area contributed by atoms with Gasteiger partial charge in [-0.3, -0.25) is 4.79 Å². The fourth-order valence-corrected chi connectivity index (χ4v) is 4.76. The van der Waals surface area contributed by atoms with Crippen molar-refractivity contribution in [2.45, 2.75) is 30.7 Å². The van der Waals surface area contributed by atoms with Crippen molar-refractivity contribution in [3.05, 3.63) is 66.2 Å². The molecule has 3 aromatic carbocycles. The van der Waals surface area contributed by atoms with Crippen LogP contribution in [0, 0.1) is 0 Å². The van der Waals surface area contributed by atoms with Crippen LogP contribution in [0.4, 0.5) is 0 Å². The number of fused-ring (bicyclic) bond motifs is 2. The van der Waals surface area contributed by atoms with Crippen LogP contribution in [0.25, 0.3) is 10.8 Å². The van der Waals surface area contributed by atoms with Crippen molar-refractivity contribution in [3.63, 3.8) is 0 Å². The summed E-state index contributed by atoms with van der Waals surface area (Å²) in [5, 5.41) is 5.14. The molecule has 168 valence electrons.